The molecular weight excluding hydrogens is 184 g/mol. The third-order valence-electron chi connectivity index (χ3n) is 4.26. The Labute approximate surface area is 94.4 Å². The highest BCUT2D eigenvalue weighted by molar-refractivity contribution is 4.77. The van der Waals surface area contributed by atoms with Crippen molar-refractivity contribution >= 4 is 0 Å². The zero-order valence-corrected chi connectivity index (χ0v) is 10.2. The predicted molar refractivity (Wildman–Crippen MR) is 65.1 cm³/mol. The minimum absolute atomic E-state index is 0.806. The molecule has 0 amide bonds. The largest absolute Gasteiger partial charge is 0.315 e. The first kappa shape index (κ1) is 11.4. The zero-order chi connectivity index (χ0) is 10.5. The van der Waals surface area contributed by atoms with E-state index in [9.17, 15) is 0 Å². The van der Waals surface area contributed by atoms with Crippen molar-refractivity contribution < 1.29 is 0 Å². The van der Waals surface area contributed by atoms with Crippen molar-refractivity contribution in [2.45, 2.75) is 51.0 Å². The topological polar surface area (TPSA) is 15.3 Å². The van der Waals surface area contributed by atoms with Gasteiger partial charge in [0.15, 0.2) is 0 Å². The molecule has 2 heteroatoms. The molecule has 0 aromatic rings. The smallest absolute Gasteiger partial charge is 0.0218 e. The van der Waals surface area contributed by atoms with Crippen molar-refractivity contribution in [1.82, 2.24) is 10.2 Å². The Balaban J connectivity index is 1.64. The minimum atomic E-state index is 0.806. The first-order valence-corrected chi connectivity index (χ1v) is 6.77. The Morgan fingerprint density at radius 3 is 2.60 bits per heavy atom. The lowest BCUT2D eigenvalue weighted by molar-refractivity contribution is 0.191. The highest BCUT2D eigenvalue weighted by Gasteiger charge is 2.20. The molecule has 1 heterocycles. The third-order valence-corrected chi connectivity index (χ3v) is 4.26. The van der Waals surface area contributed by atoms with E-state index in [4.69, 9.17) is 0 Å². The van der Waals surface area contributed by atoms with Gasteiger partial charge in [-0.3, -0.25) is 0 Å². The Morgan fingerprint density at radius 2 is 1.93 bits per heavy atom. The molecule has 2 aliphatic rings. The van der Waals surface area contributed by atoms with Crippen LogP contribution < -0.4 is 5.32 Å². The van der Waals surface area contributed by atoms with Gasteiger partial charge in [0.05, 0.1) is 0 Å². The molecule has 0 aromatic carbocycles. The van der Waals surface area contributed by atoms with Gasteiger partial charge in [-0.05, 0) is 45.3 Å². The zero-order valence-electron chi connectivity index (χ0n) is 10.2. The van der Waals surface area contributed by atoms with E-state index in [0.29, 0.717) is 0 Å². The summed E-state index contributed by atoms with van der Waals surface area (Å²) in [4.78, 5) is 2.59. The van der Waals surface area contributed by atoms with Crippen molar-refractivity contribution in [2.24, 2.45) is 5.92 Å². The van der Waals surface area contributed by atoms with Crippen LogP contribution in [0.3, 0.4) is 0 Å². The van der Waals surface area contributed by atoms with Crippen LogP contribution in [0.1, 0.15) is 44.9 Å². The Kier molecular flexibility index (Phi) is 4.45. The molecule has 0 bridgehead atoms. The summed E-state index contributed by atoms with van der Waals surface area (Å²) in [6, 6.07) is 0.806. The minimum Gasteiger partial charge on any atom is -0.315 e. The molecule has 2 fully saturated rings. The summed E-state index contributed by atoms with van der Waals surface area (Å²) in [5.41, 5.74) is 0. The van der Waals surface area contributed by atoms with Gasteiger partial charge in [-0.25, -0.2) is 0 Å². The molecule has 15 heavy (non-hydrogen) atoms. The van der Waals surface area contributed by atoms with Gasteiger partial charge in [0, 0.05) is 12.6 Å². The fourth-order valence-electron chi connectivity index (χ4n) is 3.08. The number of hydrogen-bond donors (Lipinski definition) is 1. The van der Waals surface area contributed by atoms with Gasteiger partial charge in [0.1, 0.15) is 0 Å². The van der Waals surface area contributed by atoms with Crippen LogP contribution in [0.4, 0.5) is 0 Å². The lowest BCUT2D eigenvalue weighted by atomic mass is 10.0. The molecule has 1 atom stereocenters. The summed E-state index contributed by atoms with van der Waals surface area (Å²) in [5.74, 6) is 1.05. The SMILES string of the molecule is CN(CCC1CCCC1)C1CCCNC1. The summed E-state index contributed by atoms with van der Waals surface area (Å²) < 4.78 is 0. The van der Waals surface area contributed by atoms with E-state index in [1.165, 1.54) is 64.6 Å². The summed E-state index contributed by atoms with van der Waals surface area (Å²) >= 11 is 0. The van der Waals surface area contributed by atoms with E-state index in [1.807, 2.05) is 0 Å². The van der Waals surface area contributed by atoms with Gasteiger partial charge in [-0.1, -0.05) is 25.7 Å². The van der Waals surface area contributed by atoms with Crippen molar-refractivity contribution in [3.05, 3.63) is 0 Å². The number of rotatable bonds is 4. The maximum atomic E-state index is 3.50. The average Bonchev–Trinajstić information content (AvgIpc) is 2.80. The molecule has 1 N–H and O–H groups in total. The summed E-state index contributed by atoms with van der Waals surface area (Å²) in [5, 5.41) is 3.50. The fraction of sp³-hybridized carbons (Fsp3) is 1.00. The second kappa shape index (κ2) is 5.86. The number of nitrogens with one attached hydrogen (secondary N) is 1. The van der Waals surface area contributed by atoms with Crippen LogP contribution in [0.5, 0.6) is 0 Å². The van der Waals surface area contributed by atoms with Crippen molar-refractivity contribution in [3.8, 4) is 0 Å². The van der Waals surface area contributed by atoms with Crippen LogP contribution in [0.15, 0.2) is 0 Å². The van der Waals surface area contributed by atoms with E-state index in [2.05, 4.69) is 17.3 Å². The first-order chi connectivity index (χ1) is 7.36. The molecular formula is C13H26N2. The number of likely N-dealkylation sites (N-methyl/N-ethyl adjacent to an activating group) is 1. The molecule has 88 valence electrons. The number of piperidine rings is 1. The lowest BCUT2D eigenvalue weighted by Gasteiger charge is -2.32. The highest BCUT2D eigenvalue weighted by atomic mass is 15.2. The molecule has 1 saturated carbocycles. The van der Waals surface area contributed by atoms with E-state index in [-0.39, 0.29) is 0 Å². The first-order valence-electron chi connectivity index (χ1n) is 6.77. The molecule has 0 radical (unpaired) electrons. The van der Waals surface area contributed by atoms with E-state index >= 15 is 0 Å². The van der Waals surface area contributed by atoms with Gasteiger partial charge < -0.3 is 10.2 Å². The number of nitrogens with zero attached hydrogens (tertiary/aromatic N) is 1. The second-order valence-corrected chi connectivity index (χ2v) is 5.42. The van der Waals surface area contributed by atoms with Gasteiger partial charge in [-0.15, -0.1) is 0 Å². The Bertz CT molecular complexity index is 169. The fourth-order valence-corrected chi connectivity index (χ4v) is 3.08. The monoisotopic (exact) mass is 210 g/mol. The molecule has 1 aliphatic heterocycles. The van der Waals surface area contributed by atoms with Gasteiger partial charge in [-0.2, -0.15) is 0 Å². The lowest BCUT2D eigenvalue weighted by Crippen LogP contribution is -2.44. The normalized spacial score (nSPS) is 28.8. The van der Waals surface area contributed by atoms with E-state index in [1.54, 1.807) is 0 Å². The van der Waals surface area contributed by atoms with Crippen molar-refractivity contribution in [3.63, 3.8) is 0 Å². The Hall–Kier alpha value is -0.0800. The molecule has 1 saturated heterocycles. The van der Waals surface area contributed by atoms with E-state index in [0.717, 1.165) is 12.0 Å². The standard InChI is InChI=1S/C13H26N2/c1-15(13-7-4-9-14-11-13)10-8-12-5-2-3-6-12/h12-14H,2-11H2,1H3. The molecule has 0 aromatic heterocycles. The van der Waals surface area contributed by atoms with Crippen molar-refractivity contribution in [2.75, 3.05) is 26.7 Å². The Morgan fingerprint density at radius 1 is 1.13 bits per heavy atom. The summed E-state index contributed by atoms with van der Waals surface area (Å²) in [7, 11) is 2.31. The molecule has 2 nitrogen and oxygen atoms in total. The second-order valence-electron chi connectivity index (χ2n) is 5.42. The molecule has 1 unspecified atom stereocenters. The molecule has 1 aliphatic carbocycles. The van der Waals surface area contributed by atoms with Crippen LogP contribution in [0.25, 0.3) is 0 Å². The van der Waals surface area contributed by atoms with Crippen LogP contribution >= 0.6 is 0 Å². The van der Waals surface area contributed by atoms with Gasteiger partial charge in [0.25, 0.3) is 0 Å². The van der Waals surface area contributed by atoms with Crippen molar-refractivity contribution in [1.29, 1.82) is 0 Å². The summed E-state index contributed by atoms with van der Waals surface area (Å²) in [6.07, 6.45) is 10.2. The van der Waals surface area contributed by atoms with Crippen LogP contribution in [0.2, 0.25) is 0 Å². The maximum absolute atomic E-state index is 3.50. The van der Waals surface area contributed by atoms with E-state index < -0.39 is 0 Å². The van der Waals surface area contributed by atoms with Gasteiger partial charge >= 0.3 is 0 Å². The third kappa shape index (κ3) is 3.46. The highest BCUT2D eigenvalue weighted by Crippen LogP contribution is 2.27. The average molecular weight is 210 g/mol. The number of hydrogen-bond acceptors (Lipinski definition) is 2. The quantitative estimate of drug-likeness (QED) is 0.765. The molecule has 2 rings (SSSR count). The van der Waals surface area contributed by atoms with Crippen LogP contribution in [0, 0.1) is 5.92 Å². The summed E-state index contributed by atoms with van der Waals surface area (Å²) in [6.45, 7) is 3.76. The van der Waals surface area contributed by atoms with Crippen LogP contribution in [-0.2, 0) is 0 Å². The van der Waals surface area contributed by atoms with Crippen LogP contribution in [-0.4, -0.2) is 37.6 Å². The predicted octanol–water partition coefficient (Wildman–Crippen LogP) is 2.25. The van der Waals surface area contributed by atoms with Gasteiger partial charge in [0.2, 0.25) is 0 Å². The molecule has 0 spiro atoms. The maximum Gasteiger partial charge on any atom is 0.0218 e.